The topological polar surface area (TPSA) is 53.9 Å². The van der Waals surface area contributed by atoms with Crippen molar-refractivity contribution in [2.75, 3.05) is 30.4 Å². The summed E-state index contributed by atoms with van der Waals surface area (Å²) in [6.07, 6.45) is 2.40. The molecule has 3 rings (SSSR count). The summed E-state index contributed by atoms with van der Waals surface area (Å²) in [4.78, 5) is 15.7. The second kappa shape index (κ2) is 5.75. The first-order valence-electron chi connectivity index (χ1n) is 6.71. The highest BCUT2D eigenvalue weighted by atomic mass is 79.9. The van der Waals surface area contributed by atoms with E-state index < -0.39 is 0 Å². The predicted molar refractivity (Wildman–Crippen MR) is 84.0 cm³/mol. The van der Waals surface area contributed by atoms with Gasteiger partial charge in [0, 0.05) is 30.2 Å². The van der Waals surface area contributed by atoms with Crippen LogP contribution >= 0.6 is 15.9 Å². The molecule has 1 saturated heterocycles. The van der Waals surface area contributed by atoms with Gasteiger partial charge in [0.15, 0.2) is 5.82 Å². The molecular weight excluding hydrogens is 318 g/mol. The molecule has 5 nitrogen and oxygen atoms in total. The Morgan fingerprint density at radius 2 is 1.95 bits per heavy atom. The molecule has 1 aliphatic heterocycles. The van der Waals surface area contributed by atoms with Gasteiger partial charge in [0.1, 0.15) is 0 Å². The maximum absolute atomic E-state index is 4.62. The normalized spacial score (nSPS) is 14.6. The van der Waals surface area contributed by atoms with E-state index in [1.807, 2.05) is 31.3 Å². The second-order valence-electron chi connectivity index (χ2n) is 4.74. The molecular formula is C14H16BrN5. The molecule has 2 heterocycles. The van der Waals surface area contributed by atoms with E-state index in [4.69, 9.17) is 0 Å². The standard InChI is InChI=1S/C14H16BrN5/c1-16-13-17-12(10-5-4-6-11(15)9-10)18-14(19-13)20-7-2-3-8-20/h4-6,9H,2-3,7-8H2,1H3,(H,16,17,18,19). The number of aromatic nitrogens is 3. The molecule has 1 fully saturated rings. The van der Waals surface area contributed by atoms with Crippen LogP contribution in [0.2, 0.25) is 0 Å². The van der Waals surface area contributed by atoms with Gasteiger partial charge in [-0.2, -0.15) is 15.0 Å². The van der Waals surface area contributed by atoms with Crippen molar-refractivity contribution in [3.8, 4) is 11.4 Å². The Kier molecular flexibility index (Phi) is 3.82. The Labute approximate surface area is 126 Å². The lowest BCUT2D eigenvalue weighted by Crippen LogP contribution is -2.21. The fourth-order valence-electron chi connectivity index (χ4n) is 2.29. The maximum Gasteiger partial charge on any atom is 0.230 e. The van der Waals surface area contributed by atoms with E-state index >= 15 is 0 Å². The van der Waals surface area contributed by atoms with Crippen LogP contribution in [0.5, 0.6) is 0 Å². The lowest BCUT2D eigenvalue weighted by molar-refractivity contribution is 0.884. The van der Waals surface area contributed by atoms with Gasteiger partial charge >= 0.3 is 0 Å². The van der Waals surface area contributed by atoms with E-state index in [9.17, 15) is 0 Å². The van der Waals surface area contributed by atoms with Crippen LogP contribution in [0.25, 0.3) is 11.4 Å². The number of hydrogen-bond acceptors (Lipinski definition) is 5. The fourth-order valence-corrected chi connectivity index (χ4v) is 2.69. The number of rotatable bonds is 3. The van der Waals surface area contributed by atoms with Crippen LogP contribution < -0.4 is 10.2 Å². The van der Waals surface area contributed by atoms with Crippen LogP contribution in [-0.4, -0.2) is 35.1 Å². The number of nitrogens with one attached hydrogen (secondary N) is 1. The molecule has 1 aromatic carbocycles. The van der Waals surface area contributed by atoms with Gasteiger partial charge < -0.3 is 10.2 Å². The van der Waals surface area contributed by atoms with Crippen molar-refractivity contribution in [3.63, 3.8) is 0 Å². The van der Waals surface area contributed by atoms with Gasteiger partial charge in [-0.3, -0.25) is 0 Å². The molecule has 0 atom stereocenters. The number of benzene rings is 1. The van der Waals surface area contributed by atoms with Crippen molar-refractivity contribution < 1.29 is 0 Å². The molecule has 0 aliphatic carbocycles. The Bertz CT molecular complexity index is 610. The van der Waals surface area contributed by atoms with Crippen molar-refractivity contribution >= 4 is 27.8 Å². The third-order valence-electron chi connectivity index (χ3n) is 3.32. The minimum Gasteiger partial charge on any atom is -0.357 e. The Morgan fingerprint density at radius 1 is 1.15 bits per heavy atom. The molecule has 1 aliphatic rings. The van der Waals surface area contributed by atoms with E-state index in [1.165, 1.54) is 12.8 Å². The van der Waals surface area contributed by atoms with Gasteiger partial charge in [-0.15, -0.1) is 0 Å². The highest BCUT2D eigenvalue weighted by molar-refractivity contribution is 9.10. The third kappa shape index (κ3) is 2.75. The maximum atomic E-state index is 4.62. The van der Waals surface area contributed by atoms with Crippen molar-refractivity contribution in [2.45, 2.75) is 12.8 Å². The molecule has 20 heavy (non-hydrogen) atoms. The summed E-state index contributed by atoms with van der Waals surface area (Å²) in [5.74, 6) is 2.07. The van der Waals surface area contributed by atoms with Gasteiger partial charge in [-0.25, -0.2) is 0 Å². The summed E-state index contributed by atoms with van der Waals surface area (Å²) in [6.45, 7) is 2.04. The molecule has 1 N–H and O–H groups in total. The molecule has 0 radical (unpaired) electrons. The SMILES string of the molecule is CNc1nc(-c2cccc(Br)c2)nc(N2CCCC2)n1. The molecule has 2 aromatic rings. The molecule has 0 unspecified atom stereocenters. The van der Waals surface area contributed by atoms with Crippen LogP contribution in [0.15, 0.2) is 28.7 Å². The van der Waals surface area contributed by atoms with Gasteiger partial charge in [-0.1, -0.05) is 28.1 Å². The zero-order valence-electron chi connectivity index (χ0n) is 11.3. The first-order chi connectivity index (χ1) is 9.76. The summed E-state index contributed by atoms with van der Waals surface area (Å²) in [5, 5.41) is 3.01. The van der Waals surface area contributed by atoms with E-state index in [1.54, 1.807) is 0 Å². The van der Waals surface area contributed by atoms with Crippen molar-refractivity contribution in [1.29, 1.82) is 0 Å². The summed E-state index contributed by atoms with van der Waals surface area (Å²) >= 11 is 3.48. The van der Waals surface area contributed by atoms with Gasteiger partial charge in [0.2, 0.25) is 11.9 Å². The molecule has 0 amide bonds. The lowest BCUT2D eigenvalue weighted by atomic mass is 10.2. The second-order valence-corrected chi connectivity index (χ2v) is 5.65. The van der Waals surface area contributed by atoms with Gasteiger partial charge in [-0.05, 0) is 25.0 Å². The lowest BCUT2D eigenvalue weighted by Gasteiger charge is -2.16. The van der Waals surface area contributed by atoms with Crippen LogP contribution in [-0.2, 0) is 0 Å². The Hall–Kier alpha value is -1.69. The summed E-state index contributed by atoms with van der Waals surface area (Å²) < 4.78 is 1.02. The number of nitrogens with zero attached hydrogens (tertiary/aromatic N) is 4. The van der Waals surface area contributed by atoms with E-state index in [-0.39, 0.29) is 0 Å². The highest BCUT2D eigenvalue weighted by Gasteiger charge is 2.17. The largest absolute Gasteiger partial charge is 0.357 e. The van der Waals surface area contributed by atoms with Gasteiger partial charge in [0.05, 0.1) is 0 Å². The highest BCUT2D eigenvalue weighted by Crippen LogP contribution is 2.24. The smallest absolute Gasteiger partial charge is 0.230 e. The van der Waals surface area contributed by atoms with Crippen molar-refractivity contribution in [3.05, 3.63) is 28.7 Å². The van der Waals surface area contributed by atoms with E-state index in [0.717, 1.165) is 29.1 Å². The third-order valence-corrected chi connectivity index (χ3v) is 3.81. The average Bonchev–Trinajstić information content (AvgIpc) is 3.01. The summed E-state index contributed by atoms with van der Waals surface area (Å²) in [5.41, 5.74) is 0.985. The molecule has 104 valence electrons. The number of anilines is 2. The zero-order valence-corrected chi connectivity index (χ0v) is 12.9. The quantitative estimate of drug-likeness (QED) is 0.935. The summed E-state index contributed by atoms with van der Waals surface area (Å²) in [6, 6.07) is 8.00. The van der Waals surface area contributed by atoms with Crippen LogP contribution in [0.1, 0.15) is 12.8 Å². The number of hydrogen-bond donors (Lipinski definition) is 1. The van der Waals surface area contributed by atoms with Crippen molar-refractivity contribution in [1.82, 2.24) is 15.0 Å². The van der Waals surface area contributed by atoms with Gasteiger partial charge in [0.25, 0.3) is 0 Å². The van der Waals surface area contributed by atoms with E-state index in [2.05, 4.69) is 41.1 Å². The van der Waals surface area contributed by atoms with Crippen LogP contribution in [0.4, 0.5) is 11.9 Å². The molecule has 0 spiro atoms. The molecule has 6 heteroatoms. The minimum atomic E-state index is 0.608. The zero-order chi connectivity index (χ0) is 13.9. The summed E-state index contributed by atoms with van der Waals surface area (Å²) in [7, 11) is 1.83. The predicted octanol–water partition coefficient (Wildman–Crippen LogP) is 2.94. The molecule has 0 saturated carbocycles. The molecule has 1 aromatic heterocycles. The monoisotopic (exact) mass is 333 g/mol. The van der Waals surface area contributed by atoms with Crippen molar-refractivity contribution in [2.24, 2.45) is 0 Å². The Morgan fingerprint density at radius 3 is 2.65 bits per heavy atom. The van der Waals surface area contributed by atoms with Crippen LogP contribution in [0, 0.1) is 0 Å². The molecule has 0 bridgehead atoms. The Balaban J connectivity index is 2.03. The fraction of sp³-hybridized carbons (Fsp3) is 0.357. The van der Waals surface area contributed by atoms with Crippen LogP contribution in [0.3, 0.4) is 0 Å². The van der Waals surface area contributed by atoms with E-state index in [0.29, 0.717) is 11.8 Å². The first kappa shape index (κ1) is 13.3. The average molecular weight is 334 g/mol. The minimum absolute atomic E-state index is 0.608. The number of halogens is 1. The first-order valence-corrected chi connectivity index (χ1v) is 7.50.